The van der Waals surface area contributed by atoms with Crippen LogP contribution in [0.3, 0.4) is 0 Å². The molecular formula is C50H40N2O4. The van der Waals surface area contributed by atoms with Gasteiger partial charge in [0.2, 0.25) is 0 Å². The van der Waals surface area contributed by atoms with Gasteiger partial charge in [0.25, 0.3) is 0 Å². The predicted molar refractivity (Wildman–Crippen MR) is 227 cm³/mol. The molecule has 0 saturated heterocycles. The highest BCUT2D eigenvalue weighted by Crippen LogP contribution is 2.37. The van der Waals surface area contributed by atoms with E-state index in [4.69, 9.17) is 18.9 Å². The first-order valence-electron chi connectivity index (χ1n) is 18.0. The van der Waals surface area contributed by atoms with Gasteiger partial charge in [0.1, 0.15) is 23.0 Å². The minimum Gasteiger partial charge on any atom is -0.497 e. The van der Waals surface area contributed by atoms with Gasteiger partial charge in [0.15, 0.2) is 0 Å². The third-order valence-corrected chi connectivity index (χ3v) is 9.16. The van der Waals surface area contributed by atoms with Gasteiger partial charge in [-0.1, -0.05) is 23.7 Å². The SMILES string of the molecule is COc1ccc(N(c2ccc(C#Cc3ccc(C#Cc4ccc(N(c5ccc(OC)cc5)c5ccc(OC)cc5)cc4)cc3)cc2)c2ccc(OC)cc2)cc1. The molecule has 0 aliphatic rings. The van der Waals surface area contributed by atoms with Crippen molar-refractivity contribution >= 4 is 34.1 Å². The number of anilines is 6. The predicted octanol–water partition coefficient (Wildman–Crippen LogP) is 11.5. The molecule has 0 unspecified atom stereocenters. The first-order valence-corrected chi connectivity index (χ1v) is 18.0. The summed E-state index contributed by atoms with van der Waals surface area (Å²) < 4.78 is 21.5. The van der Waals surface area contributed by atoms with Gasteiger partial charge in [-0.15, -0.1) is 0 Å². The van der Waals surface area contributed by atoms with E-state index in [1.165, 1.54) is 0 Å². The number of benzene rings is 7. The van der Waals surface area contributed by atoms with Crippen molar-refractivity contribution in [2.45, 2.75) is 0 Å². The lowest BCUT2D eigenvalue weighted by Crippen LogP contribution is -2.09. The van der Waals surface area contributed by atoms with Gasteiger partial charge in [0.05, 0.1) is 28.4 Å². The van der Waals surface area contributed by atoms with Crippen LogP contribution in [0.15, 0.2) is 170 Å². The fourth-order valence-electron chi connectivity index (χ4n) is 6.13. The molecule has 7 aromatic carbocycles. The molecule has 0 spiro atoms. The minimum absolute atomic E-state index is 0.805. The Kier molecular flexibility index (Phi) is 11.5. The normalized spacial score (nSPS) is 10.2. The van der Waals surface area contributed by atoms with Crippen LogP contribution in [-0.2, 0) is 0 Å². The minimum atomic E-state index is 0.805. The van der Waals surface area contributed by atoms with E-state index in [-0.39, 0.29) is 0 Å². The van der Waals surface area contributed by atoms with E-state index in [1.807, 2.05) is 146 Å². The Morgan fingerprint density at radius 2 is 0.411 bits per heavy atom. The van der Waals surface area contributed by atoms with E-state index in [9.17, 15) is 0 Å². The highest BCUT2D eigenvalue weighted by molar-refractivity contribution is 5.78. The van der Waals surface area contributed by atoms with Crippen LogP contribution in [0.4, 0.5) is 34.1 Å². The van der Waals surface area contributed by atoms with Gasteiger partial charge in [-0.25, -0.2) is 0 Å². The van der Waals surface area contributed by atoms with Crippen molar-refractivity contribution in [3.63, 3.8) is 0 Å². The Morgan fingerprint density at radius 3 is 0.589 bits per heavy atom. The van der Waals surface area contributed by atoms with Crippen molar-refractivity contribution in [1.29, 1.82) is 0 Å². The summed E-state index contributed by atoms with van der Waals surface area (Å²) >= 11 is 0. The Balaban J connectivity index is 1.04. The molecule has 0 bridgehead atoms. The number of hydrogen-bond donors (Lipinski definition) is 0. The molecule has 0 radical (unpaired) electrons. The summed E-state index contributed by atoms with van der Waals surface area (Å²) in [4.78, 5) is 4.37. The molecular weight excluding hydrogens is 693 g/mol. The summed E-state index contributed by atoms with van der Waals surface area (Å²) in [6.07, 6.45) is 0. The van der Waals surface area contributed by atoms with Gasteiger partial charge in [0, 0.05) is 56.4 Å². The van der Waals surface area contributed by atoms with Gasteiger partial charge < -0.3 is 28.7 Å². The topological polar surface area (TPSA) is 43.4 Å². The second-order valence-corrected chi connectivity index (χ2v) is 12.6. The fraction of sp³-hybridized carbons (Fsp3) is 0.0800. The maximum atomic E-state index is 5.39. The summed E-state index contributed by atoms with van der Waals surface area (Å²) in [5, 5.41) is 0. The monoisotopic (exact) mass is 732 g/mol. The van der Waals surface area contributed by atoms with E-state index < -0.39 is 0 Å². The van der Waals surface area contributed by atoms with Crippen molar-refractivity contribution < 1.29 is 18.9 Å². The average Bonchev–Trinajstić information content (AvgIpc) is 3.27. The summed E-state index contributed by atoms with van der Waals surface area (Å²) in [5.41, 5.74) is 9.73. The standard InChI is InChI=1S/C50H40N2O4/c1-53-47-29-21-43(22-30-47)51(44-23-31-48(54-2)32-24-44)41-17-13-39(14-18-41)11-9-37-5-7-38(8-6-37)10-12-40-15-19-42(20-16-40)52(45-25-33-49(55-3)34-26-45)46-27-35-50(56-4)36-28-46/h5-8,13-36H,1-4H3. The Labute approximate surface area is 329 Å². The molecule has 0 aliphatic heterocycles. The molecule has 0 saturated carbocycles. The molecule has 0 aromatic heterocycles. The lowest BCUT2D eigenvalue weighted by atomic mass is 10.1. The zero-order valence-electron chi connectivity index (χ0n) is 31.7. The lowest BCUT2D eigenvalue weighted by Gasteiger charge is -2.25. The van der Waals surface area contributed by atoms with Crippen LogP contribution in [0.25, 0.3) is 0 Å². The second-order valence-electron chi connectivity index (χ2n) is 12.6. The van der Waals surface area contributed by atoms with E-state index in [0.717, 1.165) is 79.4 Å². The molecule has 0 N–H and O–H groups in total. The third kappa shape index (κ3) is 8.80. The zero-order valence-corrected chi connectivity index (χ0v) is 31.7. The van der Waals surface area contributed by atoms with Crippen LogP contribution in [0.2, 0.25) is 0 Å². The molecule has 0 heterocycles. The molecule has 7 aromatic rings. The van der Waals surface area contributed by atoms with Crippen molar-refractivity contribution in [2.75, 3.05) is 38.2 Å². The average molecular weight is 733 g/mol. The van der Waals surface area contributed by atoms with Crippen LogP contribution in [0.5, 0.6) is 23.0 Å². The van der Waals surface area contributed by atoms with Crippen LogP contribution in [-0.4, -0.2) is 28.4 Å². The zero-order chi connectivity index (χ0) is 38.7. The van der Waals surface area contributed by atoms with Crippen molar-refractivity contribution in [2.24, 2.45) is 0 Å². The molecule has 56 heavy (non-hydrogen) atoms. The lowest BCUT2D eigenvalue weighted by molar-refractivity contribution is 0.414. The second kappa shape index (κ2) is 17.5. The van der Waals surface area contributed by atoms with E-state index >= 15 is 0 Å². The smallest absolute Gasteiger partial charge is 0.119 e. The maximum Gasteiger partial charge on any atom is 0.119 e. The van der Waals surface area contributed by atoms with Crippen LogP contribution < -0.4 is 28.7 Å². The first kappa shape index (κ1) is 36.8. The van der Waals surface area contributed by atoms with Gasteiger partial charge in [-0.2, -0.15) is 0 Å². The summed E-state index contributed by atoms with van der Waals surface area (Å²) in [6.45, 7) is 0. The maximum absolute atomic E-state index is 5.39. The van der Waals surface area contributed by atoms with Crippen LogP contribution in [0, 0.1) is 23.7 Å². The molecule has 0 atom stereocenters. The molecule has 6 heteroatoms. The van der Waals surface area contributed by atoms with E-state index in [2.05, 4.69) is 57.7 Å². The number of methoxy groups -OCH3 is 4. The van der Waals surface area contributed by atoms with Gasteiger partial charge in [-0.3, -0.25) is 0 Å². The van der Waals surface area contributed by atoms with Crippen LogP contribution in [0.1, 0.15) is 22.3 Å². The van der Waals surface area contributed by atoms with Crippen molar-refractivity contribution in [3.8, 4) is 46.7 Å². The Bertz CT molecular complexity index is 2200. The van der Waals surface area contributed by atoms with Crippen LogP contribution >= 0.6 is 0 Å². The Morgan fingerprint density at radius 1 is 0.250 bits per heavy atom. The summed E-state index contributed by atoms with van der Waals surface area (Å²) in [7, 11) is 6.68. The van der Waals surface area contributed by atoms with E-state index in [1.54, 1.807) is 28.4 Å². The largest absolute Gasteiger partial charge is 0.497 e. The van der Waals surface area contributed by atoms with Crippen molar-refractivity contribution in [3.05, 3.63) is 192 Å². The van der Waals surface area contributed by atoms with E-state index in [0.29, 0.717) is 0 Å². The summed E-state index contributed by atoms with van der Waals surface area (Å²) in [6, 6.07) is 56.6. The summed E-state index contributed by atoms with van der Waals surface area (Å²) in [5.74, 6) is 16.4. The third-order valence-electron chi connectivity index (χ3n) is 9.16. The molecule has 274 valence electrons. The number of nitrogens with zero attached hydrogens (tertiary/aromatic N) is 2. The van der Waals surface area contributed by atoms with Gasteiger partial charge >= 0.3 is 0 Å². The highest BCUT2D eigenvalue weighted by atomic mass is 16.5. The number of ether oxygens (including phenoxy) is 4. The van der Waals surface area contributed by atoms with Crippen molar-refractivity contribution in [1.82, 2.24) is 0 Å². The molecule has 7 rings (SSSR count). The molecule has 0 amide bonds. The first-order chi connectivity index (χ1) is 27.5. The quantitative estimate of drug-likeness (QED) is 0.130. The Hall–Kier alpha value is -7.54. The fourth-order valence-corrected chi connectivity index (χ4v) is 6.13. The van der Waals surface area contributed by atoms with Gasteiger partial charge in [-0.05, 0) is 170 Å². The molecule has 0 aliphatic carbocycles. The highest BCUT2D eigenvalue weighted by Gasteiger charge is 2.14. The molecule has 0 fully saturated rings. The number of hydrogen-bond acceptors (Lipinski definition) is 6. The molecule has 6 nitrogen and oxygen atoms in total. The number of rotatable bonds is 10.